The van der Waals surface area contributed by atoms with Crippen molar-refractivity contribution in [1.82, 2.24) is 0 Å². The van der Waals surface area contributed by atoms with Gasteiger partial charge in [0.1, 0.15) is 13.2 Å². The summed E-state index contributed by atoms with van der Waals surface area (Å²) in [5.74, 6) is 1.64. The van der Waals surface area contributed by atoms with Gasteiger partial charge in [-0.1, -0.05) is 6.07 Å². The monoisotopic (exact) mass is 250 g/mol. The third-order valence-corrected chi connectivity index (χ3v) is 3.75. The zero-order valence-corrected chi connectivity index (χ0v) is 10.5. The third-order valence-electron chi connectivity index (χ3n) is 3.75. The van der Waals surface area contributed by atoms with Crippen molar-refractivity contribution in [2.75, 3.05) is 19.8 Å². The number of benzene rings is 1. The minimum atomic E-state index is -0.502. The van der Waals surface area contributed by atoms with Gasteiger partial charge in [-0.2, -0.15) is 0 Å². The first-order valence-corrected chi connectivity index (χ1v) is 6.45. The minimum Gasteiger partial charge on any atom is -0.486 e. The summed E-state index contributed by atoms with van der Waals surface area (Å²) < 4.78 is 16.5. The fourth-order valence-electron chi connectivity index (χ4n) is 2.65. The van der Waals surface area contributed by atoms with Crippen LogP contribution < -0.4 is 9.47 Å². The number of fused-ring (bicyclic) bond motifs is 1. The van der Waals surface area contributed by atoms with Crippen LogP contribution in [0, 0.1) is 5.92 Å². The van der Waals surface area contributed by atoms with Gasteiger partial charge in [0.05, 0.1) is 12.2 Å². The summed E-state index contributed by atoms with van der Waals surface area (Å²) in [6.45, 7) is 3.89. The second kappa shape index (κ2) is 4.78. The number of hydrogen-bond donors (Lipinski definition) is 1. The van der Waals surface area contributed by atoms with Gasteiger partial charge < -0.3 is 19.3 Å². The number of aliphatic hydroxyl groups excluding tert-OH is 1. The van der Waals surface area contributed by atoms with Crippen molar-refractivity contribution in [3.05, 3.63) is 23.8 Å². The van der Waals surface area contributed by atoms with Crippen molar-refractivity contribution in [2.24, 2.45) is 5.92 Å². The molecule has 1 aromatic rings. The van der Waals surface area contributed by atoms with Gasteiger partial charge in [-0.25, -0.2) is 0 Å². The molecule has 0 bridgehead atoms. The minimum absolute atomic E-state index is 0.105. The molecule has 1 N–H and O–H groups in total. The summed E-state index contributed by atoms with van der Waals surface area (Å²) >= 11 is 0. The topological polar surface area (TPSA) is 47.9 Å². The maximum absolute atomic E-state index is 10.4. The lowest BCUT2D eigenvalue weighted by Crippen LogP contribution is -2.20. The van der Waals surface area contributed by atoms with E-state index in [1.54, 1.807) is 0 Å². The second-order valence-electron chi connectivity index (χ2n) is 4.88. The Morgan fingerprint density at radius 2 is 1.94 bits per heavy atom. The van der Waals surface area contributed by atoms with E-state index in [0.717, 1.165) is 30.1 Å². The van der Waals surface area contributed by atoms with E-state index in [4.69, 9.17) is 14.2 Å². The molecular formula is C14H18O4. The predicted molar refractivity (Wildman–Crippen MR) is 65.9 cm³/mol. The number of rotatable bonds is 2. The fourth-order valence-corrected chi connectivity index (χ4v) is 2.65. The van der Waals surface area contributed by atoms with Crippen molar-refractivity contribution in [1.29, 1.82) is 0 Å². The van der Waals surface area contributed by atoms with Crippen LogP contribution in [0.25, 0.3) is 0 Å². The summed E-state index contributed by atoms with van der Waals surface area (Å²) in [4.78, 5) is 0. The highest BCUT2D eigenvalue weighted by Crippen LogP contribution is 2.37. The SMILES string of the molecule is CC1OCCC1C(O)c1ccc2c(c1)OCCO2. The Morgan fingerprint density at radius 1 is 1.17 bits per heavy atom. The van der Waals surface area contributed by atoms with Crippen LogP contribution in [0.4, 0.5) is 0 Å². The van der Waals surface area contributed by atoms with Crippen LogP contribution in [0.5, 0.6) is 11.5 Å². The normalized spacial score (nSPS) is 28.1. The van der Waals surface area contributed by atoms with Gasteiger partial charge in [0, 0.05) is 12.5 Å². The molecule has 1 aromatic carbocycles. The summed E-state index contributed by atoms with van der Waals surface area (Å²) in [5.41, 5.74) is 0.876. The molecule has 0 radical (unpaired) electrons. The molecule has 4 nitrogen and oxygen atoms in total. The van der Waals surface area contributed by atoms with Gasteiger partial charge in [0.2, 0.25) is 0 Å². The zero-order chi connectivity index (χ0) is 12.5. The van der Waals surface area contributed by atoms with E-state index in [9.17, 15) is 5.11 Å². The van der Waals surface area contributed by atoms with Gasteiger partial charge in [0.15, 0.2) is 11.5 Å². The molecule has 4 heteroatoms. The quantitative estimate of drug-likeness (QED) is 0.871. The molecule has 0 aromatic heterocycles. The Morgan fingerprint density at radius 3 is 2.67 bits per heavy atom. The molecule has 1 saturated heterocycles. The van der Waals surface area contributed by atoms with Crippen LogP contribution in [0.3, 0.4) is 0 Å². The highest BCUT2D eigenvalue weighted by Gasteiger charge is 2.32. The first kappa shape index (κ1) is 11.8. The summed E-state index contributed by atoms with van der Waals surface area (Å²) in [6, 6.07) is 5.65. The molecule has 3 unspecified atom stereocenters. The Balaban J connectivity index is 1.83. The molecule has 0 saturated carbocycles. The maximum Gasteiger partial charge on any atom is 0.161 e. The van der Waals surface area contributed by atoms with E-state index in [0.29, 0.717) is 13.2 Å². The molecule has 2 aliphatic heterocycles. The van der Waals surface area contributed by atoms with E-state index in [-0.39, 0.29) is 12.0 Å². The lowest BCUT2D eigenvalue weighted by Gasteiger charge is -2.24. The molecule has 18 heavy (non-hydrogen) atoms. The smallest absolute Gasteiger partial charge is 0.161 e. The first-order valence-electron chi connectivity index (χ1n) is 6.45. The Labute approximate surface area is 106 Å². The number of ether oxygens (including phenoxy) is 3. The molecule has 2 aliphatic rings. The number of hydrogen-bond acceptors (Lipinski definition) is 4. The summed E-state index contributed by atoms with van der Waals surface area (Å²) in [5, 5.41) is 10.4. The Hall–Kier alpha value is -1.26. The second-order valence-corrected chi connectivity index (χ2v) is 4.88. The maximum atomic E-state index is 10.4. The molecule has 0 aliphatic carbocycles. The van der Waals surface area contributed by atoms with E-state index in [1.807, 2.05) is 25.1 Å². The lowest BCUT2D eigenvalue weighted by molar-refractivity contribution is 0.0428. The largest absolute Gasteiger partial charge is 0.486 e. The lowest BCUT2D eigenvalue weighted by atomic mass is 9.90. The van der Waals surface area contributed by atoms with Crippen LogP contribution >= 0.6 is 0 Å². The van der Waals surface area contributed by atoms with E-state index >= 15 is 0 Å². The van der Waals surface area contributed by atoms with Crippen LogP contribution in [0.2, 0.25) is 0 Å². The van der Waals surface area contributed by atoms with Crippen molar-refractivity contribution < 1.29 is 19.3 Å². The van der Waals surface area contributed by atoms with Crippen LogP contribution in [-0.2, 0) is 4.74 Å². The van der Waals surface area contributed by atoms with Gasteiger partial charge >= 0.3 is 0 Å². The van der Waals surface area contributed by atoms with Crippen molar-refractivity contribution in [2.45, 2.75) is 25.6 Å². The molecule has 98 valence electrons. The highest BCUT2D eigenvalue weighted by molar-refractivity contribution is 5.44. The van der Waals surface area contributed by atoms with E-state index < -0.39 is 6.10 Å². The van der Waals surface area contributed by atoms with Gasteiger partial charge in [-0.05, 0) is 31.0 Å². The Bertz CT molecular complexity index is 432. The fraction of sp³-hybridized carbons (Fsp3) is 0.571. The first-order chi connectivity index (χ1) is 8.75. The third kappa shape index (κ3) is 2.06. The van der Waals surface area contributed by atoms with E-state index in [1.165, 1.54) is 0 Å². The van der Waals surface area contributed by atoms with Crippen molar-refractivity contribution in [3.63, 3.8) is 0 Å². The highest BCUT2D eigenvalue weighted by atomic mass is 16.6. The van der Waals surface area contributed by atoms with Gasteiger partial charge in [-0.15, -0.1) is 0 Å². The van der Waals surface area contributed by atoms with Crippen molar-refractivity contribution >= 4 is 0 Å². The number of aliphatic hydroxyl groups is 1. The molecular weight excluding hydrogens is 232 g/mol. The molecule has 1 fully saturated rings. The van der Waals surface area contributed by atoms with Crippen LogP contribution in [0.15, 0.2) is 18.2 Å². The summed E-state index contributed by atoms with van der Waals surface area (Å²) in [6.07, 6.45) is 0.503. The van der Waals surface area contributed by atoms with Crippen molar-refractivity contribution in [3.8, 4) is 11.5 Å². The molecule has 0 amide bonds. The average Bonchev–Trinajstić information content (AvgIpc) is 2.83. The summed E-state index contributed by atoms with van der Waals surface area (Å²) in [7, 11) is 0. The Kier molecular flexibility index (Phi) is 3.14. The standard InChI is InChI=1S/C14H18O4/c1-9-11(4-5-16-9)14(15)10-2-3-12-13(8-10)18-7-6-17-12/h2-3,8-9,11,14-15H,4-7H2,1H3. The molecule has 2 heterocycles. The molecule has 0 spiro atoms. The van der Waals surface area contributed by atoms with Crippen LogP contribution in [-0.4, -0.2) is 31.0 Å². The predicted octanol–water partition coefficient (Wildman–Crippen LogP) is 1.92. The van der Waals surface area contributed by atoms with Crippen LogP contribution in [0.1, 0.15) is 25.0 Å². The zero-order valence-electron chi connectivity index (χ0n) is 10.5. The van der Waals surface area contributed by atoms with Gasteiger partial charge in [-0.3, -0.25) is 0 Å². The average molecular weight is 250 g/mol. The van der Waals surface area contributed by atoms with Gasteiger partial charge in [0.25, 0.3) is 0 Å². The van der Waals surface area contributed by atoms with E-state index in [2.05, 4.69) is 0 Å². The molecule has 3 rings (SSSR count). The molecule has 3 atom stereocenters.